The molecule has 1 fully saturated rings. The number of piperidine rings is 1. The molecule has 1 aliphatic rings. The maximum atomic E-state index is 12.7. The van der Waals surface area contributed by atoms with Crippen LogP contribution in [0.1, 0.15) is 33.1 Å². The lowest BCUT2D eigenvalue weighted by Gasteiger charge is -2.36. The predicted molar refractivity (Wildman–Crippen MR) is 88.9 cm³/mol. The highest BCUT2D eigenvalue weighted by Crippen LogP contribution is 2.35. The van der Waals surface area contributed by atoms with Crippen LogP contribution in [-0.2, 0) is 4.79 Å². The zero-order valence-corrected chi connectivity index (χ0v) is 14.7. The Morgan fingerprint density at radius 3 is 2.61 bits per heavy atom. The van der Waals surface area contributed by atoms with Crippen molar-refractivity contribution < 1.29 is 18.0 Å². The summed E-state index contributed by atoms with van der Waals surface area (Å²) in [6, 6.07) is 5.34. The van der Waals surface area contributed by atoms with Gasteiger partial charge in [-0.2, -0.15) is 13.2 Å². The number of hydrogen-bond acceptors (Lipinski definition) is 2. The van der Waals surface area contributed by atoms with Crippen LogP contribution in [0.5, 0.6) is 0 Å². The molecule has 0 saturated carbocycles. The first-order valence-corrected chi connectivity index (χ1v) is 8.50. The Bertz CT molecular complexity index is 577. The van der Waals surface area contributed by atoms with Crippen LogP contribution < -0.4 is 9.80 Å². The smallest absolute Gasteiger partial charge is 0.368 e. The number of halogens is 4. The fourth-order valence-corrected chi connectivity index (χ4v) is 3.54. The minimum absolute atomic E-state index is 0.0375. The summed E-state index contributed by atoms with van der Waals surface area (Å²) >= 11 is 3.45. The Labute approximate surface area is 142 Å². The summed E-state index contributed by atoms with van der Waals surface area (Å²) in [4.78, 5) is 14.5. The van der Waals surface area contributed by atoms with Crippen molar-refractivity contribution in [1.29, 1.82) is 0 Å². The number of rotatable bonds is 3. The highest BCUT2D eigenvalue weighted by Gasteiger charge is 2.42. The molecule has 1 atom stereocenters. The first-order valence-electron chi connectivity index (χ1n) is 7.70. The van der Waals surface area contributed by atoms with E-state index in [2.05, 4.69) is 27.8 Å². The molecule has 0 N–H and O–H groups in total. The molecule has 0 spiro atoms. The van der Waals surface area contributed by atoms with E-state index in [4.69, 9.17) is 0 Å². The van der Waals surface area contributed by atoms with Crippen LogP contribution in [0.4, 0.5) is 24.5 Å². The number of alkyl halides is 3. The van der Waals surface area contributed by atoms with Crippen LogP contribution in [-0.4, -0.2) is 31.2 Å². The van der Waals surface area contributed by atoms with Crippen LogP contribution in [0.15, 0.2) is 22.7 Å². The molecular formula is C16H20BrF3N2O. The summed E-state index contributed by atoms with van der Waals surface area (Å²) in [7, 11) is 0. The van der Waals surface area contributed by atoms with E-state index in [9.17, 15) is 18.0 Å². The predicted octanol–water partition coefficient (Wildman–Crippen LogP) is 4.74. The van der Waals surface area contributed by atoms with Crippen LogP contribution in [0.25, 0.3) is 0 Å². The van der Waals surface area contributed by atoms with Gasteiger partial charge >= 0.3 is 12.1 Å². The van der Waals surface area contributed by atoms with Crippen molar-refractivity contribution in [2.45, 2.75) is 45.3 Å². The number of nitrogens with zero attached hydrogens (tertiary/aromatic N) is 2. The van der Waals surface area contributed by atoms with Gasteiger partial charge in [-0.3, -0.25) is 4.79 Å². The van der Waals surface area contributed by atoms with Gasteiger partial charge < -0.3 is 9.80 Å². The molecule has 0 bridgehead atoms. The lowest BCUT2D eigenvalue weighted by atomic mass is 10.0. The van der Waals surface area contributed by atoms with E-state index in [-0.39, 0.29) is 12.2 Å². The molecule has 7 heteroatoms. The van der Waals surface area contributed by atoms with E-state index in [1.165, 1.54) is 13.3 Å². The molecule has 23 heavy (non-hydrogen) atoms. The molecule has 0 aromatic heterocycles. The van der Waals surface area contributed by atoms with Gasteiger partial charge in [-0.25, -0.2) is 0 Å². The molecule has 1 amide bonds. The normalized spacial score (nSPS) is 18.9. The molecule has 0 radical (unpaired) electrons. The largest absolute Gasteiger partial charge is 0.471 e. The van der Waals surface area contributed by atoms with E-state index in [0.717, 1.165) is 30.0 Å². The minimum Gasteiger partial charge on any atom is -0.368 e. The second-order valence-corrected chi connectivity index (χ2v) is 6.58. The van der Waals surface area contributed by atoms with Gasteiger partial charge in [-0.15, -0.1) is 0 Å². The van der Waals surface area contributed by atoms with Gasteiger partial charge in [0.2, 0.25) is 0 Å². The number of carbonyl (C=O) groups excluding carboxylic acids is 1. The number of amides is 1. The van der Waals surface area contributed by atoms with E-state index >= 15 is 0 Å². The minimum atomic E-state index is -4.87. The van der Waals surface area contributed by atoms with Gasteiger partial charge in [0.25, 0.3) is 0 Å². The van der Waals surface area contributed by atoms with Crippen LogP contribution in [0.3, 0.4) is 0 Å². The molecular weight excluding hydrogens is 373 g/mol. The lowest BCUT2D eigenvalue weighted by Crippen LogP contribution is -2.41. The Hall–Kier alpha value is -1.24. The molecule has 1 saturated heterocycles. The number of benzene rings is 1. The molecule has 128 valence electrons. The zero-order valence-electron chi connectivity index (χ0n) is 13.2. The summed E-state index contributed by atoms with van der Waals surface area (Å²) in [5, 5.41) is 0. The highest BCUT2D eigenvalue weighted by atomic mass is 79.9. The Morgan fingerprint density at radius 2 is 2.09 bits per heavy atom. The summed E-state index contributed by atoms with van der Waals surface area (Å²) < 4.78 is 38.8. The third-order valence-corrected chi connectivity index (χ3v) is 4.79. The van der Waals surface area contributed by atoms with Gasteiger partial charge in [0.1, 0.15) is 0 Å². The van der Waals surface area contributed by atoms with Crippen molar-refractivity contribution in [3.63, 3.8) is 0 Å². The molecule has 1 heterocycles. The van der Waals surface area contributed by atoms with E-state index in [0.29, 0.717) is 10.5 Å². The third kappa shape index (κ3) is 4.00. The SMILES string of the molecule is CCN(C(=O)C(F)(F)F)c1ccc(N2CCCC[C@H]2C)c(Br)c1. The summed E-state index contributed by atoms with van der Waals surface area (Å²) in [6.07, 6.45) is -1.48. The lowest BCUT2D eigenvalue weighted by molar-refractivity contribution is -0.170. The van der Waals surface area contributed by atoms with Crippen molar-refractivity contribution in [3.8, 4) is 0 Å². The van der Waals surface area contributed by atoms with Gasteiger partial charge in [0.05, 0.1) is 5.69 Å². The van der Waals surface area contributed by atoms with Crippen molar-refractivity contribution in [2.75, 3.05) is 22.9 Å². The number of anilines is 2. The molecule has 1 aliphatic heterocycles. The van der Waals surface area contributed by atoms with E-state index in [1.807, 2.05) is 0 Å². The Morgan fingerprint density at radius 1 is 1.39 bits per heavy atom. The molecule has 2 rings (SSSR count). The van der Waals surface area contributed by atoms with Gasteiger partial charge in [0, 0.05) is 29.3 Å². The quantitative estimate of drug-likeness (QED) is 0.741. The third-order valence-electron chi connectivity index (χ3n) is 4.16. The second kappa shape index (κ2) is 7.11. The average Bonchev–Trinajstić information content (AvgIpc) is 2.48. The summed E-state index contributed by atoms with van der Waals surface area (Å²) in [5.41, 5.74) is 1.20. The van der Waals surface area contributed by atoms with Gasteiger partial charge in [-0.1, -0.05) is 0 Å². The van der Waals surface area contributed by atoms with Gasteiger partial charge in [0.15, 0.2) is 0 Å². The molecule has 0 aliphatic carbocycles. The highest BCUT2D eigenvalue weighted by molar-refractivity contribution is 9.10. The molecule has 0 unspecified atom stereocenters. The van der Waals surface area contributed by atoms with Crippen molar-refractivity contribution in [2.24, 2.45) is 0 Å². The van der Waals surface area contributed by atoms with E-state index in [1.54, 1.807) is 18.2 Å². The summed E-state index contributed by atoms with van der Waals surface area (Å²) in [5.74, 6) is -1.84. The van der Waals surface area contributed by atoms with Crippen LogP contribution in [0.2, 0.25) is 0 Å². The topological polar surface area (TPSA) is 23.6 Å². The standard InChI is InChI=1S/C16H20BrF3N2O/c1-3-21(15(23)16(18,19)20)12-7-8-14(13(17)10-12)22-9-5-4-6-11(22)2/h7-8,10-11H,3-6,9H2,1-2H3/t11-/m1/s1. The maximum Gasteiger partial charge on any atom is 0.471 e. The fourth-order valence-electron chi connectivity index (χ4n) is 2.95. The molecule has 1 aromatic carbocycles. The zero-order chi connectivity index (χ0) is 17.2. The molecule has 3 nitrogen and oxygen atoms in total. The number of hydrogen-bond donors (Lipinski definition) is 0. The van der Waals surface area contributed by atoms with Crippen LogP contribution in [0, 0.1) is 0 Å². The van der Waals surface area contributed by atoms with Crippen molar-refractivity contribution in [1.82, 2.24) is 0 Å². The maximum absolute atomic E-state index is 12.7. The number of carbonyl (C=O) groups is 1. The first kappa shape index (κ1) is 18.1. The molecule has 1 aromatic rings. The fraction of sp³-hybridized carbons (Fsp3) is 0.562. The van der Waals surface area contributed by atoms with Gasteiger partial charge in [-0.05, 0) is 67.2 Å². The average molecular weight is 393 g/mol. The second-order valence-electron chi connectivity index (χ2n) is 5.72. The Kier molecular flexibility index (Phi) is 5.60. The van der Waals surface area contributed by atoms with Crippen molar-refractivity contribution in [3.05, 3.63) is 22.7 Å². The Balaban J connectivity index is 2.29. The summed E-state index contributed by atoms with van der Waals surface area (Å²) in [6.45, 7) is 4.56. The van der Waals surface area contributed by atoms with Crippen molar-refractivity contribution >= 4 is 33.2 Å². The first-order chi connectivity index (χ1) is 10.8. The monoisotopic (exact) mass is 392 g/mol. The van der Waals surface area contributed by atoms with E-state index < -0.39 is 12.1 Å². The van der Waals surface area contributed by atoms with Crippen LogP contribution >= 0.6 is 15.9 Å².